The number of amides is 2. The predicted molar refractivity (Wildman–Crippen MR) is 98.0 cm³/mol. The highest BCUT2D eigenvalue weighted by atomic mass is 35.5. The zero-order chi connectivity index (χ0) is 19.7. The lowest BCUT2D eigenvalue weighted by Gasteiger charge is -2.27. The fraction of sp³-hybridized carbons (Fsp3) is 0.526. The Kier molecular flexibility index (Phi) is 5.60. The Morgan fingerprint density at radius 1 is 1.19 bits per heavy atom. The Hall–Kier alpha value is -2.28. The van der Waals surface area contributed by atoms with Crippen LogP contribution in [0.5, 0.6) is 5.75 Å². The summed E-state index contributed by atoms with van der Waals surface area (Å²) in [5.41, 5.74) is 5.52. The molecule has 0 heterocycles. The predicted octanol–water partition coefficient (Wildman–Crippen LogP) is 2.31. The van der Waals surface area contributed by atoms with E-state index in [0.717, 1.165) is 24.8 Å². The van der Waals surface area contributed by atoms with Gasteiger partial charge in [-0.25, -0.2) is 0 Å². The SMILES string of the molecule is Cc1cc(Cl)ccc1O[C@H](C)C(=O)NNC(=O)[C@H]1[C@H]2CC[C@@H](C2)[C@H]1C(=O)O. The van der Waals surface area contributed by atoms with Crippen molar-refractivity contribution >= 4 is 29.4 Å². The molecule has 5 atom stereocenters. The van der Waals surface area contributed by atoms with E-state index in [-0.39, 0.29) is 11.8 Å². The van der Waals surface area contributed by atoms with E-state index in [2.05, 4.69) is 10.9 Å². The normalized spacial score (nSPS) is 27.1. The second-order valence-corrected chi connectivity index (χ2v) is 7.81. The highest BCUT2D eigenvalue weighted by Crippen LogP contribution is 2.52. The summed E-state index contributed by atoms with van der Waals surface area (Å²) in [4.78, 5) is 36.2. The molecule has 3 N–H and O–H groups in total. The smallest absolute Gasteiger partial charge is 0.307 e. The molecule has 2 aliphatic rings. The van der Waals surface area contributed by atoms with E-state index in [1.54, 1.807) is 25.1 Å². The van der Waals surface area contributed by atoms with Crippen molar-refractivity contribution < 1.29 is 24.2 Å². The van der Waals surface area contributed by atoms with Crippen LogP contribution >= 0.6 is 11.6 Å². The number of carboxylic acids is 1. The van der Waals surface area contributed by atoms with Crippen LogP contribution in [-0.4, -0.2) is 29.0 Å². The molecule has 2 bridgehead atoms. The van der Waals surface area contributed by atoms with Gasteiger partial charge in [-0.2, -0.15) is 0 Å². The van der Waals surface area contributed by atoms with Crippen LogP contribution in [0, 0.1) is 30.6 Å². The van der Waals surface area contributed by atoms with Gasteiger partial charge in [0.1, 0.15) is 5.75 Å². The van der Waals surface area contributed by atoms with Crippen molar-refractivity contribution in [2.75, 3.05) is 0 Å². The summed E-state index contributed by atoms with van der Waals surface area (Å²) in [6, 6.07) is 5.06. The number of benzene rings is 1. The molecule has 2 amide bonds. The summed E-state index contributed by atoms with van der Waals surface area (Å²) in [5.74, 6) is -2.55. The Morgan fingerprint density at radius 2 is 1.85 bits per heavy atom. The fourth-order valence-electron chi connectivity index (χ4n) is 4.32. The third kappa shape index (κ3) is 4.03. The average Bonchev–Trinajstić information content (AvgIpc) is 3.22. The van der Waals surface area contributed by atoms with Gasteiger partial charge in [-0.3, -0.25) is 25.2 Å². The first-order chi connectivity index (χ1) is 12.8. The second kappa shape index (κ2) is 7.76. The van der Waals surface area contributed by atoms with Crippen molar-refractivity contribution in [2.45, 2.75) is 39.2 Å². The van der Waals surface area contributed by atoms with Gasteiger partial charge < -0.3 is 9.84 Å². The molecule has 1 aromatic rings. The minimum Gasteiger partial charge on any atom is -0.481 e. The Balaban J connectivity index is 1.55. The number of aliphatic carboxylic acids is 1. The van der Waals surface area contributed by atoms with Crippen molar-refractivity contribution in [1.29, 1.82) is 0 Å². The van der Waals surface area contributed by atoms with E-state index in [0.29, 0.717) is 10.8 Å². The summed E-state index contributed by atoms with van der Waals surface area (Å²) < 4.78 is 5.61. The number of carboxylic acid groups (broad SMARTS) is 1. The summed E-state index contributed by atoms with van der Waals surface area (Å²) in [5, 5.41) is 10.0. The number of hydrazine groups is 1. The van der Waals surface area contributed by atoms with Gasteiger partial charge in [0.15, 0.2) is 6.10 Å². The quantitative estimate of drug-likeness (QED) is 0.665. The van der Waals surface area contributed by atoms with Crippen molar-refractivity contribution in [3.63, 3.8) is 0 Å². The first-order valence-electron chi connectivity index (χ1n) is 9.03. The first-order valence-corrected chi connectivity index (χ1v) is 9.41. The van der Waals surface area contributed by atoms with Crippen LogP contribution in [0.2, 0.25) is 5.02 Å². The molecular weight excluding hydrogens is 372 g/mol. The van der Waals surface area contributed by atoms with Crippen LogP contribution in [-0.2, 0) is 14.4 Å². The Bertz CT molecular complexity index is 768. The third-order valence-corrected chi connectivity index (χ3v) is 5.86. The highest BCUT2D eigenvalue weighted by molar-refractivity contribution is 6.30. The van der Waals surface area contributed by atoms with Crippen LogP contribution in [0.3, 0.4) is 0 Å². The molecule has 146 valence electrons. The minimum absolute atomic E-state index is 0.0501. The number of carbonyl (C=O) groups is 3. The van der Waals surface area contributed by atoms with Crippen LogP contribution in [0.25, 0.3) is 0 Å². The minimum atomic E-state index is -0.941. The van der Waals surface area contributed by atoms with Crippen molar-refractivity contribution in [3.8, 4) is 5.75 Å². The number of hydrogen-bond acceptors (Lipinski definition) is 4. The molecule has 0 spiro atoms. The number of fused-ring (bicyclic) bond motifs is 2. The van der Waals surface area contributed by atoms with Gasteiger partial charge in [0.25, 0.3) is 5.91 Å². The van der Waals surface area contributed by atoms with E-state index >= 15 is 0 Å². The fourth-order valence-corrected chi connectivity index (χ4v) is 4.55. The van der Waals surface area contributed by atoms with Gasteiger partial charge in [0.05, 0.1) is 11.8 Å². The standard InChI is InChI=1S/C19H23ClN2O5/c1-9-7-13(20)5-6-14(9)27-10(2)17(23)21-22-18(24)15-11-3-4-12(8-11)16(15)19(25)26/h5-7,10-12,15-16H,3-4,8H2,1-2H3,(H,21,23)(H,22,24)(H,25,26)/t10-,11+,12+,15+,16-/m1/s1. The molecule has 2 aliphatic carbocycles. The molecule has 0 radical (unpaired) electrons. The molecule has 7 nitrogen and oxygen atoms in total. The van der Waals surface area contributed by atoms with Gasteiger partial charge >= 0.3 is 5.97 Å². The molecule has 0 saturated heterocycles. The summed E-state index contributed by atoms with van der Waals surface area (Å²) in [6.45, 7) is 3.38. The van der Waals surface area contributed by atoms with E-state index in [1.165, 1.54) is 0 Å². The molecule has 2 saturated carbocycles. The van der Waals surface area contributed by atoms with E-state index in [9.17, 15) is 19.5 Å². The van der Waals surface area contributed by atoms with Crippen LogP contribution in [0.4, 0.5) is 0 Å². The number of carbonyl (C=O) groups excluding carboxylic acids is 2. The summed E-state index contributed by atoms with van der Waals surface area (Å²) >= 11 is 5.90. The van der Waals surface area contributed by atoms with Gasteiger partial charge in [0.2, 0.25) is 5.91 Å². The van der Waals surface area contributed by atoms with Gasteiger partial charge in [0, 0.05) is 5.02 Å². The lowest BCUT2D eigenvalue weighted by atomic mass is 9.79. The molecule has 8 heteroatoms. The van der Waals surface area contributed by atoms with Gasteiger partial charge in [-0.15, -0.1) is 0 Å². The number of hydrogen-bond donors (Lipinski definition) is 3. The van der Waals surface area contributed by atoms with Gasteiger partial charge in [-0.05, 0) is 68.7 Å². The zero-order valence-corrected chi connectivity index (χ0v) is 16.0. The lowest BCUT2D eigenvalue weighted by molar-refractivity contribution is -0.150. The van der Waals surface area contributed by atoms with E-state index in [1.807, 2.05) is 6.92 Å². The van der Waals surface area contributed by atoms with Crippen LogP contribution in [0.1, 0.15) is 31.7 Å². The molecule has 0 unspecified atom stereocenters. The summed E-state index contributed by atoms with van der Waals surface area (Å²) in [7, 11) is 0. The lowest BCUT2D eigenvalue weighted by Crippen LogP contribution is -2.51. The van der Waals surface area contributed by atoms with Crippen molar-refractivity contribution in [2.24, 2.45) is 23.7 Å². The number of halogens is 1. The zero-order valence-electron chi connectivity index (χ0n) is 15.2. The number of ether oxygens (including phenoxy) is 1. The average molecular weight is 395 g/mol. The maximum absolute atomic E-state index is 12.5. The monoisotopic (exact) mass is 394 g/mol. The van der Waals surface area contributed by atoms with Crippen LogP contribution < -0.4 is 15.6 Å². The maximum atomic E-state index is 12.5. The highest BCUT2D eigenvalue weighted by Gasteiger charge is 2.54. The molecule has 0 aliphatic heterocycles. The Labute approximate surface area is 162 Å². The Morgan fingerprint density at radius 3 is 2.48 bits per heavy atom. The number of nitrogens with one attached hydrogen (secondary N) is 2. The third-order valence-electron chi connectivity index (χ3n) is 5.62. The van der Waals surface area contributed by atoms with E-state index < -0.39 is 35.7 Å². The van der Waals surface area contributed by atoms with Crippen LogP contribution in [0.15, 0.2) is 18.2 Å². The van der Waals surface area contributed by atoms with E-state index in [4.69, 9.17) is 16.3 Å². The molecule has 3 rings (SSSR count). The summed E-state index contributed by atoms with van der Waals surface area (Å²) in [6.07, 6.45) is 1.62. The van der Waals surface area contributed by atoms with Gasteiger partial charge in [-0.1, -0.05) is 11.6 Å². The molecule has 0 aromatic heterocycles. The molecule has 1 aromatic carbocycles. The molecule has 2 fully saturated rings. The maximum Gasteiger partial charge on any atom is 0.307 e. The second-order valence-electron chi connectivity index (χ2n) is 7.37. The first kappa shape index (κ1) is 19.5. The topological polar surface area (TPSA) is 105 Å². The number of aryl methyl sites for hydroxylation is 1. The molecular formula is C19H23ClN2O5. The number of rotatable bonds is 5. The van der Waals surface area contributed by atoms with Crippen molar-refractivity contribution in [1.82, 2.24) is 10.9 Å². The molecule has 27 heavy (non-hydrogen) atoms. The largest absolute Gasteiger partial charge is 0.481 e. The van der Waals surface area contributed by atoms with Crippen molar-refractivity contribution in [3.05, 3.63) is 28.8 Å².